The van der Waals surface area contributed by atoms with Crippen LogP contribution in [0.5, 0.6) is 0 Å². The first-order chi connectivity index (χ1) is 9.90. The Kier molecular flexibility index (Phi) is 4.92. The summed E-state index contributed by atoms with van der Waals surface area (Å²) in [5.74, 6) is -0.175. The first-order valence-electron chi connectivity index (χ1n) is 6.54. The summed E-state index contributed by atoms with van der Waals surface area (Å²) < 4.78 is 3.97. The number of hydrogen-bond acceptors (Lipinski definition) is 5. The van der Waals surface area contributed by atoms with E-state index in [0.29, 0.717) is 22.3 Å². The Bertz CT molecular complexity index is 632. The number of likely N-dealkylation sites (N-methyl/N-ethyl adjacent to an activating group) is 1. The van der Waals surface area contributed by atoms with E-state index in [2.05, 4.69) is 26.1 Å². The number of Topliss-reactive ketones (excluding diaryl/α,β-unsaturated/α-hetero) is 1. The van der Waals surface area contributed by atoms with Gasteiger partial charge in [-0.15, -0.1) is 0 Å². The van der Waals surface area contributed by atoms with E-state index < -0.39 is 6.04 Å². The van der Waals surface area contributed by atoms with Crippen molar-refractivity contribution >= 4 is 21.7 Å². The highest BCUT2D eigenvalue weighted by atomic mass is 79.9. The van der Waals surface area contributed by atoms with Gasteiger partial charge in [-0.1, -0.05) is 0 Å². The summed E-state index contributed by atoms with van der Waals surface area (Å²) in [4.78, 5) is 14.7. The number of ketones is 1. The van der Waals surface area contributed by atoms with Gasteiger partial charge in [-0.25, -0.2) is 0 Å². The van der Waals surface area contributed by atoms with Gasteiger partial charge in [0.05, 0.1) is 29.5 Å². The molecule has 0 aromatic carbocycles. The Morgan fingerprint density at radius 3 is 2.71 bits per heavy atom. The SMILES string of the molecule is CN(C)CCn1ncc(Br)c1C(=O)C(N)c1cnn(C)c1. The summed E-state index contributed by atoms with van der Waals surface area (Å²) in [6.45, 7) is 1.41. The highest BCUT2D eigenvalue weighted by molar-refractivity contribution is 9.10. The normalized spacial score (nSPS) is 12.9. The molecule has 114 valence electrons. The summed E-state index contributed by atoms with van der Waals surface area (Å²) in [5.41, 5.74) is 7.24. The smallest absolute Gasteiger partial charge is 0.203 e. The lowest BCUT2D eigenvalue weighted by molar-refractivity contribution is 0.0949. The van der Waals surface area contributed by atoms with E-state index in [-0.39, 0.29) is 5.78 Å². The van der Waals surface area contributed by atoms with Crippen molar-refractivity contribution in [3.63, 3.8) is 0 Å². The van der Waals surface area contributed by atoms with Gasteiger partial charge in [0, 0.05) is 25.4 Å². The number of hydrogen-bond donors (Lipinski definition) is 1. The average molecular weight is 355 g/mol. The molecule has 0 spiro atoms. The van der Waals surface area contributed by atoms with Crippen LogP contribution in [0, 0.1) is 0 Å². The molecule has 0 saturated carbocycles. The van der Waals surface area contributed by atoms with Crippen molar-refractivity contribution in [2.75, 3.05) is 20.6 Å². The molecule has 21 heavy (non-hydrogen) atoms. The van der Waals surface area contributed by atoms with E-state index in [4.69, 9.17) is 5.73 Å². The van der Waals surface area contributed by atoms with Crippen LogP contribution in [0.4, 0.5) is 0 Å². The maximum absolute atomic E-state index is 12.6. The monoisotopic (exact) mass is 354 g/mol. The molecule has 2 aromatic rings. The summed E-state index contributed by atoms with van der Waals surface area (Å²) >= 11 is 3.38. The number of carbonyl (C=O) groups excluding carboxylic acids is 1. The molecule has 8 heteroatoms. The van der Waals surface area contributed by atoms with Gasteiger partial charge in [0.25, 0.3) is 0 Å². The van der Waals surface area contributed by atoms with E-state index in [9.17, 15) is 4.79 Å². The van der Waals surface area contributed by atoms with Gasteiger partial charge in [0.2, 0.25) is 5.78 Å². The van der Waals surface area contributed by atoms with Gasteiger partial charge in [-0.3, -0.25) is 14.2 Å². The summed E-state index contributed by atoms with van der Waals surface area (Å²) in [6.07, 6.45) is 4.98. The molecular weight excluding hydrogens is 336 g/mol. The lowest BCUT2D eigenvalue weighted by atomic mass is 10.1. The quantitative estimate of drug-likeness (QED) is 0.776. The predicted molar refractivity (Wildman–Crippen MR) is 82.9 cm³/mol. The molecule has 0 aliphatic carbocycles. The number of aryl methyl sites for hydroxylation is 1. The van der Waals surface area contributed by atoms with Crippen LogP contribution in [-0.2, 0) is 13.6 Å². The molecule has 2 N–H and O–H groups in total. The Hall–Kier alpha value is -1.51. The summed E-state index contributed by atoms with van der Waals surface area (Å²) in [6, 6.07) is -0.746. The standard InChI is InChI=1S/C13H19BrN6O/c1-18(2)4-5-20-12(10(14)7-17-20)13(21)11(15)9-6-16-19(3)8-9/h6-8,11H,4-5,15H2,1-3H3. The molecule has 0 saturated heterocycles. The second-order valence-electron chi connectivity index (χ2n) is 5.16. The second kappa shape index (κ2) is 6.50. The van der Waals surface area contributed by atoms with Crippen LogP contribution in [0.3, 0.4) is 0 Å². The third-order valence-corrected chi connectivity index (χ3v) is 3.73. The maximum atomic E-state index is 12.6. The fourth-order valence-electron chi connectivity index (χ4n) is 1.97. The molecule has 2 heterocycles. The van der Waals surface area contributed by atoms with Crippen LogP contribution in [0.25, 0.3) is 0 Å². The minimum Gasteiger partial charge on any atom is -0.317 e. The van der Waals surface area contributed by atoms with Gasteiger partial charge in [-0.05, 0) is 30.0 Å². The van der Waals surface area contributed by atoms with Crippen molar-refractivity contribution in [2.45, 2.75) is 12.6 Å². The second-order valence-corrected chi connectivity index (χ2v) is 6.01. The van der Waals surface area contributed by atoms with Crippen molar-refractivity contribution in [1.29, 1.82) is 0 Å². The topological polar surface area (TPSA) is 82.0 Å². The lowest BCUT2D eigenvalue weighted by Gasteiger charge is -2.14. The number of rotatable bonds is 6. The molecule has 0 fully saturated rings. The molecule has 0 amide bonds. The molecule has 0 aliphatic rings. The molecule has 1 unspecified atom stereocenters. The Morgan fingerprint density at radius 2 is 2.14 bits per heavy atom. The molecule has 0 aliphatic heterocycles. The molecule has 7 nitrogen and oxygen atoms in total. The van der Waals surface area contributed by atoms with Crippen molar-refractivity contribution in [3.05, 3.63) is 34.3 Å². The number of aromatic nitrogens is 4. The largest absolute Gasteiger partial charge is 0.317 e. The van der Waals surface area contributed by atoms with Crippen LogP contribution in [0.1, 0.15) is 22.1 Å². The average Bonchev–Trinajstić information content (AvgIpc) is 3.01. The minimum absolute atomic E-state index is 0.175. The number of halogens is 1. The van der Waals surface area contributed by atoms with Crippen LogP contribution in [0.2, 0.25) is 0 Å². The van der Waals surface area contributed by atoms with Crippen molar-refractivity contribution in [1.82, 2.24) is 24.5 Å². The zero-order chi connectivity index (χ0) is 15.6. The highest BCUT2D eigenvalue weighted by Gasteiger charge is 2.25. The fraction of sp³-hybridized carbons (Fsp3) is 0.462. The Balaban J connectivity index is 2.24. The van der Waals surface area contributed by atoms with Gasteiger partial charge >= 0.3 is 0 Å². The zero-order valence-electron chi connectivity index (χ0n) is 12.3. The van der Waals surface area contributed by atoms with E-state index in [0.717, 1.165) is 6.54 Å². The van der Waals surface area contributed by atoms with Gasteiger partial charge in [0.1, 0.15) is 5.69 Å². The van der Waals surface area contributed by atoms with Crippen LogP contribution in [0.15, 0.2) is 23.1 Å². The minimum atomic E-state index is -0.746. The third-order valence-electron chi connectivity index (χ3n) is 3.15. The molecule has 0 radical (unpaired) electrons. The first-order valence-corrected chi connectivity index (χ1v) is 7.34. The van der Waals surface area contributed by atoms with E-state index in [1.807, 2.05) is 19.0 Å². The molecular formula is C13H19BrN6O. The number of nitrogens with zero attached hydrogens (tertiary/aromatic N) is 5. The van der Waals surface area contributed by atoms with Crippen molar-refractivity contribution < 1.29 is 4.79 Å². The maximum Gasteiger partial charge on any atom is 0.203 e. The van der Waals surface area contributed by atoms with E-state index in [1.54, 1.807) is 35.0 Å². The van der Waals surface area contributed by atoms with Gasteiger partial charge < -0.3 is 10.6 Å². The van der Waals surface area contributed by atoms with Gasteiger partial charge in [-0.2, -0.15) is 10.2 Å². The van der Waals surface area contributed by atoms with E-state index in [1.165, 1.54) is 0 Å². The number of carbonyl (C=O) groups is 1. The van der Waals surface area contributed by atoms with E-state index >= 15 is 0 Å². The fourth-order valence-corrected chi connectivity index (χ4v) is 2.46. The molecule has 1 atom stereocenters. The van der Waals surface area contributed by atoms with Crippen LogP contribution in [-0.4, -0.2) is 50.9 Å². The molecule has 2 aromatic heterocycles. The Morgan fingerprint density at radius 1 is 1.43 bits per heavy atom. The zero-order valence-corrected chi connectivity index (χ0v) is 13.9. The Labute approximate surface area is 131 Å². The predicted octanol–water partition coefficient (Wildman–Crippen LogP) is 0.823. The van der Waals surface area contributed by atoms with Crippen molar-refractivity contribution in [3.8, 4) is 0 Å². The first kappa shape index (κ1) is 15.9. The lowest BCUT2D eigenvalue weighted by Crippen LogP contribution is -2.26. The van der Waals surface area contributed by atoms with Crippen molar-refractivity contribution in [2.24, 2.45) is 12.8 Å². The van der Waals surface area contributed by atoms with Gasteiger partial charge in [0.15, 0.2) is 0 Å². The summed E-state index contributed by atoms with van der Waals surface area (Å²) in [7, 11) is 5.74. The molecule has 0 bridgehead atoms. The molecule has 2 rings (SSSR count). The van der Waals surface area contributed by atoms with Crippen LogP contribution >= 0.6 is 15.9 Å². The third kappa shape index (κ3) is 3.58. The van der Waals surface area contributed by atoms with Crippen LogP contribution < -0.4 is 5.73 Å². The summed E-state index contributed by atoms with van der Waals surface area (Å²) in [5, 5.41) is 8.29. The highest BCUT2D eigenvalue weighted by Crippen LogP contribution is 2.22. The number of nitrogens with two attached hydrogens (primary N) is 1.